The molecule has 19 nitrogen and oxygen atoms in total. The van der Waals surface area contributed by atoms with Crippen molar-refractivity contribution in [1.82, 2.24) is 5.06 Å². The summed E-state index contributed by atoms with van der Waals surface area (Å²) in [4.78, 5) is 46.2. The number of hydrogen-bond acceptors (Lipinski definition) is 16. The Balaban J connectivity index is 1.12. The molecule has 4 aliphatic rings. The molecule has 2 amide bonds. The number of imide groups is 1. The smallest absolute Gasteiger partial charge is 0.333 e. The average Bonchev–Trinajstić information content (AvgIpc) is 4.04. The first-order valence-corrected chi connectivity index (χ1v) is 29.1. The Kier molecular flexibility index (Phi) is 20.5. The Morgan fingerprint density at radius 2 is 1.42 bits per heavy atom. The molecule has 1 saturated heterocycles. The van der Waals surface area contributed by atoms with Crippen molar-refractivity contribution in [3.8, 4) is 5.75 Å². The molecule has 2 unspecified atom stereocenters. The highest BCUT2D eigenvalue weighted by atomic mass is 32.2. The number of fused-ring (bicyclic) bond motifs is 3. The molecule has 0 saturated carbocycles. The first-order valence-electron chi connectivity index (χ1n) is 26.1. The molecule has 0 aliphatic carbocycles. The number of carbonyl (C=O) groups excluding carboxylic acids is 3. The van der Waals surface area contributed by atoms with Crippen LogP contribution in [0.25, 0.3) is 11.1 Å². The molecule has 3 aromatic rings. The van der Waals surface area contributed by atoms with Crippen LogP contribution in [-0.4, -0.2) is 140 Å². The van der Waals surface area contributed by atoms with Crippen molar-refractivity contribution in [2.75, 3.05) is 95.2 Å². The number of nitrogens with zero attached hydrogens (tertiary/aromatic N) is 3. The van der Waals surface area contributed by atoms with Crippen molar-refractivity contribution in [3.05, 3.63) is 131 Å². The summed E-state index contributed by atoms with van der Waals surface area (Å²) < 4.78 is 103. The van der Waals surface area contributed by atoms with Gasteiger partial charge in [-0.25, -0.2) is 4.79 Å². The molecule has 4 heterocycles. The summed E-state index contributed by atoms with van der Waals surface area (Å²) in [6.07, 6.45) is 13.3. The molecule has 0 spiro atoms. The van der Waals surface area contributed by atoms with Gasteiger partial charge in [0.05, 0.1) is 75.6 Å². The van der Waals surface area contributed by atoms with Crippen LogP contribution in [0.15, 0.2) is 114 Å². The van der Waals surface area contributed by atoms with E-state index in [1.54, 1.807) is 13.2 Å². The zero-order valence-corrected chi connectivity index (χ0v) is 46.5. The van der Waals surface area contributed by atoms with E-state index in [-0.39, 0.29) is 55.5 Å². The quantitative estimate of drug-likeness (QED) is 0.0290. The molecule has 0 radical (unpaired) electrons. The van der Waals surface area contributed by atoms with Gasteiger partial charge in [0.15, 0.2) is 0 Å². The summed E-state index contributed by atoms with van der Waals surface area (Å²) in [5, 5.41) is 0.479. The first-order chi connectivity index (χ1) is 37.2. The topological polar surface area (TPSA) is 234 Å². The summed E-state index contributed by atoms with van der Waals surface area (Å²) >= 11 is 0. The first kappa shape index (κ1) is 59.6. The van der Waals surface area contributed by atoms with Crippen LogP contribution in [0.4, 0.5) is 11.4 Å². The minimum absolute atomic E-state index is 0.000405. The van der Waals surface area contributed by atoms with Gasteiger partial charge in [-0.1, -0.05) is 60.7 Å². The maximum Gasteiger partial charge on any atom is 0.333 e. The fourth-order valence-corrected chi connectivity index (χ4v) is 11.1. The van der Waals surface area contributed by atoms with E-state index < -0.39 is 55.3 Å². The number of anilines is 2. The molecule has 3 aromatic carbocycles. The van der Waals surface area contributed by atoms with Gasteiger partial charge in [-0.05, 0) is 106 Å². The van der Waals surface area contributed by atoms with Crippen LogP contribution in [0, 0.1) is 0 Å². The number of allylic oxidation sites excluding steroid dienone is 8. The number of methoxy groups -OCH3 is 1. The lowest BCUT2D eigenvalue weighted by molar-refractivity contribution is -0.197. The second kappa shape index (κ2) is 26.8. The Morgan fingerprint density at radius 1 is 0.769 bits per heavy atom. The second-order valence-electron chi connectivity index (χ2n) is 20.0. The molecular formula is C57H71N3O16S2. The van der Waals surface area contributed by atoms with E-state index in [0.29, 0.717) is 93.8 Å². The van der Waals surface area contributed by atoms with Crippen LogP contribution in [-0.2, 0) is 68.6 Å². The molecule has 0 bridgehead atoms. The number of ether oxygens (including phenoxy) is 6. The Hall–Kier alpha value is -6.01. The van der Waals surface area contributed by atoms with E-state index in [1.807, 2.05) is 66.5 Å². The van der Waals surface area contributed by atoms with E-state index in [1.165, 1.54) is 18.2 Å². The average molecular weight is 1120 g/mol. The molecule has 7 rings (SSSR count). The highest BCUT2D eigenvalue weighted by Crippen LogP contribution is 2.52. The molecular weight excluding hydrogens is 1050 g/mol. The highest BCUT2D eigenvalue weighted by Gasteiger charge is 2.44. The van der Waals surface area contributed by atoms with Crippen LogP contribution in [0.3, 0.4) is 0 Å². The van der Waals surface area contributed by atoms with Crippen molar-refractivity contribution in [2.45, 2.75) is 88.2 Å². The minimum Gasteiger partial charge on any atom is -0.481 e. The fourth-order valence-electron chi connectivity index (χ4n) is 10.1. The molecule has 2 atom stereocenters. The number of hydroxylamine groups is 2. The van der Waals surface area contributed by atoms with Gasteiger partial charge < -0.3 is 43.1 Å². The predicted molar refractivity (Wildman–Crippen MR) is 294 cm³/mol. The van der Waals surface area contributed by atoms with Crippen LogP contribution in [0.1, 0.15) is 94.6 Å². The van der Waals surface area contributed by atoms with E-state index in [0.717, 1.165) is 33.5 Å². The lowest BCUT2D eigenvalue weighted by Crippen LogP contribution is -2.47. The summed E-state index contributed by atoms with van der Waals surface area (Å²) in [7, 11) is -7.37. The van der Waals surface area contributed by atoms with Gasteiger partial charge >= 0.3 is 5.97 Å². The third-order valence-electron chi connectivity index (χ3n) is 13.9. The maximum atomic E-state index is 12.9. The molecule has 21 heteroatoms. The number of rotatable bonds is 29. The molecule has 78 heavy (non-hydrogen) atoms. The largest absolute Gasteiger partial charge is 0.481 e. The normalized spacial score (nSPS) is 19.6. The van der Waals surface area contributed by atoms with Gasteiger partial charge in [-0.15, -0.1) is 5.06 Å². The maximum absolute atomic E-state index is 12.9. The van der Waals surface area contributed by atoms with Gasteiger partial charge in [0, 0.05) is 79.1 Å². The Labute approximate surface area is 457 Å². The monoisotopic (exact) mass is 1120 g/mol. The Morgan fingerprint density at radius 3 is 2.06 bits per heavy atom. The van der Waals surface area contributed by atoms with Crippen LogP contribution in [0.5, 0.6) is 5.75 Å². The molecule has 1 fully saturated rings. The van der Waals surface area contributed by atoms with Crippen molar-refractivity contribution < 1.29 is 73.6 Å². The Bertz CT molecular complexity index is 3010. The molecule has 4 aliphatic heterocycles. The zero-order valence-electron chi connectivity index (χ0n) is 44.9. The lowest BCUT2D eigenvalue weighted by Gasteiger charge is -2.44. The van der Waals surface area contributed by atoms with Crippen LogP contribution in [0.2, 0.25) is 0 Å². The van der Waals surface area contributed by atoms with Crippen molar-refractivity contribution in [3.63, 3.8) is 0 Å². The molecule has 0 aromatic heterocycles. The second-order valence-corrected chi connectivity index (χ2v) is 23.0. The van der Waals surface area contributed by atoms with E-state index >= 15 is 0 Å². The summed E-state index contributed by atoms with van der Waals surface area (Å²) in [6.45, 7) is 13.3. The summed E-state index contributed by atoms with van der Waals surface area (Å²) in [5.41, 5.74) is 6.19. The summed E-state index contributed by atoms with van der Waals surface area (Å²) in [6, 6.07) is 18.3. The zero-order chi connectivity index (χ0) is 56.1. The minimum atomic E-state index is -4.66. The highest BCUT2D eigenvalue weighted by molar-refractivity contribution is 7.86. The standard InChI is InChI=1S/C57H71N3O16S2/c1-41-40-56(2,3)59(25-26-71-29-30-73-33-34-74-32-31-72-28-27-70-5)49-39-51-46(38-45(41)49)43(36-50(75-51)42-14-8-6-9-15-42)16-10-7-11-17-52-57(4,23-12-18-55(63)76-60-53(61)21-22-54(60)62)47-37-44(78(67,68)69)19-20-48(47)58(52)24-13-35-77(64,65)66/h6-11,14-17,19-20,36-40,50H,12-13,18,21-35H2,1-5H3,(H,64,65,66)(H,67,68,69)/b11-7+,16-10+,52-17+. The molecule has 422 valence electrons. The third kappa shape index (κ3) is 15.4. The van der Waals surface area contributed by atoms with Gasteiger partial charge in [-0.3, -0.25) is 18.7 Å². The summed E-state index contributed by atoms with van der Waals surface area (Å²) in [5.74, 6) is -1.88. The number of benzene rings is 3. The SMILES string of the molecule is COCCOCCOCCOCCOCCN1c2cc3c(cc2C(C)=CC1(C)C)C(/C=C/C=C/C=C1/N(CCCS(=O)(=O)O)c2ccc(S(=O)(=O)O)cc2C1(C)CCCC(=O)ON1C(=O)CCC1=O)=CC(c1ccccc1)O3. The number of amides is 2. The predicted octanol–water partition coefficient (Wildman–Crippen LogP) is 7.99. The van der Waals surface area contributed by atoms with E-state index in [4.69, 9.17) is 33.3 Å². The van der Waals surface area contributed by atoms with Crippen LogP contribution < -0.4 is 14.5 Å². The number of carbonyl (C=O) groups is 3. The van der Waals surface area contributed by atoms with Gasteiger partial charge in [0.1, 0.15) is 11.9 Å². The van der Waals surface area contributed by atoms with Gasteiger partial charge in [0.25, 0.3) is 32.1 Å². The number of hydrogen-bond donors (Lipinski definition) is 2. The van der Waals surface area contributed by atoms with Crippen molar-refractivity contribution in [2.24, 2.45) is 0 Å². The molecule has 2 N–H and O–H groups in total. The van der Waals surface area contributed by atoms with E-state index in [9.17, 15) is 40.3 Å². The van der Waals surface area contributed by atoms with E-state index in [2.05, 4.69) is 50.0 Å². The van der Waals surface area contributed by atoms with Crippen LogP contribution >= 0.6 is 0 Å². The van der Waals surface area contributed by atoms with Crippen molar-refractivity contribution in [1.29, 1.82) is 0 Å². The van der Waals surface area contributed by atoms with Gasteiger partial charge in [0.2, 0.25) is 0 Å². The van der Waals surface area contributed by atoms with Crippen molar-refractivity contribution >= 4 is 60.5 Å². The fraction of sp³-hybridized carbons (Fsp3) is 0.456. The lowest BCUT2D eigenvalue weighted by atomic mass is 9.77. The third-order valence-corrected chi connectivity index (χ3v) is 15.6. The van der Waals surface area contributed by atoms with Gasteiger partial charge in [-0.2, -0.15) is 16.8 Å².